The van der Waals surface area contributed by atoms with E-state index in [9.17, 15) is 0 Å². The summed E-state index contributed by atoms with van der Waals surface area (Å²) in [6.45, 7) is 9.33. The highest BCUT2D eigenvalue weighted by atomic mass is 15.1. The molecule has 0 aliphatic heterocycles. The second-order valence-electron chi connectivity index (χ2n) is 8.45. The molecule has 2 heteroatoms. The van der Waals surface area contributed by atoms with E-state index in [4.69, 9.17) is 0 Å². The largest absolute Gasteiger partial charge is 0.256 e. The molecule has 0 unspecified atom stereocenters. The lowest BCUT2D eigenvalue weighted by Crippen LogP contribution is -2.37. The molecular weight excluding hydrogens is 328 g/mol. The van der Waals surface area contributed by atoms with Gasteiger partial charge in [-0.2, -0.15) is 0 Å². The third-order valence-corrected chi connectivity index (χ3v) is 5.85. The average molecular weight is 378 g/mol. The van der Waals surface area contributed by atoms with Crippen LogP contribution in [0.15, 0.2) is 12.4 Å². The van der Waals surface area contributed by atoms with Gasteiger partial charge in [-0.15, -0.1) is 0 Å². The van der Waals surface area contributed by atoms with Crippen LogP contribution in [0.1, 0.15) is 129 Å². The Hall–Kier alpha value is -0.790. The van der Waals surface area contributed by atoms with E-state index in [-0.39, 0.29) is 0 Å². The molecular formula is C25H49N2+. The van der Waals surface area contributed by atoms with Crippen molar-refractivity contribution in [3.8, 4) is 0 Å². The number of imidazole rings is 1. The van der Waals surface area contributed by atoms with Crippen LogP contribution in [-0.4, -0.2) is 4.57 Å². The van der Waals surface area contributed by atoms with Crippen molar-refractivity contribution in [1.29, 1.82) is 0 Å². The van der Waals surface area contributed by atoms with Gasteiger partial charge >= 0.3 is 0 Å². The van der Waals surface area contributed by atoms with Crippen LogP contribution < -0.4 is 4.57 Å². The van der Waals surface area contributed by atoms with E-state index in [1.54, 1.807) is 5.82 Å². The van der Waals surface area contributed by atoms with Gasteiger partial charge in [0, 0.05) is 6.42 Å². The van der Waals surface area contributed by atoms with Crippen LogP contribution in [0.25, 0.3) is 0 Å². The van der Waals surface area contributed by atoms with Gasteiger partial charge in [-0.25, -0.2) is 9.13 Å². The Bertz CT molecular complexity index is 436. The number of aromatic nitrogens is 2. The Morgan fingerprint density at radius 1 is 0.630 bits per heavy atom. The van der Waals surface area contributed by atoms with Crippen LogP contribution in [0.5, 0.6) is 0 Å². The quantitative estimate of drug-likeness (QED) is 0.173. The minimum Gasteiger partial charge on any atom is -0.234 e. The van der Waals surface area contributed by atoms with E-state index in [1.807, 2.05) is 0 Å². The second kappa shape index (κ2) is 17.3. The van der Waals surface area contributed by atoms with E-state index in [0.29, 0.717) is 0 Å². The number of aryl methyl sites for hydroxylation is 2. The average Bonchev–Trinajstić information content (AvgIpc) is 3.06. The number of unbranched alkanes of at least 4 members (excludes halogenated alkanes) is 13. The van der Waals surface area contributed by atoms with Gasteiger partial charge in [0.15, 0.2) is 0 Å². The fourth-order valence-corrected chi connectivity index (χ4v) is 4.01. The van der Waals surface area contributed by atoms with E-state index in [1.165, 1.54) is 122 Å². The first-order chi connectivity index (χ1) is 13.3. The zero-order chi connectivity index (χ0) is 19.6. The van der Waals surface area contributed by atoms with Crippen molar-refractivity contribution >= 4 is 0 Å². The first-order valence-corrected chi connectivity index (χ1v) is 12.4. The second-order valence-corrected chi connectivity index (χ2v) is 8.45. The van der Waals surface area contributed by atoms with Crippen LogP contribution in [0.4, 0.5) is 0 Å². The summed E-state index contributed by atoms with van der Waals surface area (Å²) in [7, 11) is 0. The van der Waals surface area contributed by atoms with Crippen molar-refractivity contribution in [1.82, 2.24) is 4.57 Å². The molecule has 27 heavy (non-hydrogen) atoms. The highest BCUT2D eigenvalue weighted by molar-refractivity contribution is 4.84. The topological polar surface area (TPSA) is 8.81 Å². The van der Waals surface area contributed by atoms with E-state index in [2.05, 4.69) is 42.3 Å². The summed E-state index contributed by atoms with van der Waals surface area (Å²) in [5, 5.41) is 0. The highest BCUT2D eigenvalue weighted by Gasteiger charge is 2.15. The maximum Gasteiger partial charge on any atom is 0.256 e. The molecule has 0 aliphatic carbocycles. The van der Waals surface area contributed by atoms with Crippen molar-refractivity contribution in [2.75, 3.05) is 0 Å². The van der Waals surface area contributed by atoms with Gasteiger partial charge in [-0.1, -0.05) is 91.4 Å². The summed E-state index contributed by atoms with van der Waals surface area (Å²) < 4.78 is 5.10. The lowest BCUT2D eigenvalue weighted by Gasteiger charge is -2.06. The van der Waals surface area contributed by atoms with Crippen molar-refractivity contribution in [2.45, 2.75) is 143 Å². The van der Waals surface area contributed by atoms with Gasteiger partial charge in [0.2, 0.25) is 0 Å². The van der Waals surface area contributed by atoms with Crippen LogP contribution in [0.2, 0.25) is 0 Å². The van der Waals surface area contributed by atoms with Crippen LogP contribution in [0, 0.1) is 0 Å². The van der Waals surface area contributed by atoms with Gasteiger partial charge in [0.1, 0.15) is 12.4 Å². The van der Waals surface area contributed by atoms with Crippen molar-refractivity contribution < 1.29 is 4.57 Å². The first kappa shape index (κ1) is 24.2. The SMILES string of the molecule is CCCCCCCCCCCCn1cc[n+](CCCCCC)c1CCCC. The van der Waals surface area contributed by atoms with Gasteiger partial charge < -0.3 is 0 Å². The summed E-state index contributed by atoms with van der Waals surface area (Å²) in [6.07, 6.45) is 28.2. The maximum absolute atomic E-state index is 2.56. The Morgan fingerprint density at radius 3 is 1.74 bits per heavy atom. The molecule has 0 saturated heterocycles. The highest BCUT2D eigenvalue weighted by Crippen LogP contribution is 2.12. The molecule has 0 saturated carbocycles. The molecule has 0 bridgehead atoms. The summed E-state index contributed by atoms with van der Waals surface area (Å²) >= 11 is 0. The molecule has 2 nitrogen and oxygen atoms in total. The molecule has 1 heterocycles. The molecule has 1 rings (SSSR count). The molecule has 0 aliphatic rings. The van der Waals surface area contributed by atoms with Crippen molar-refractivity contribution in [2.24, 2.45) is 0 Å². The molecule has 158 valence electrons. The molecule has 0 spiro atoms. The number of nitrogens with zero attached hydrogens (tertiary/aromatic N) is 2. The fourth-order valence-electron chi connectivity index (χ4n) is 4.01. The van der Waals surface area contributed by atoms with Crippen LogP contribution in [0.3, 0.4) is 0 Å². The summed E-state index contributed by atoms with van der Waals surface area (Å²) in [6, 6.07) is 0. The van der Waals surface area contributed by atoms with Crippen LogP contribution >= 0.6 is 0 Å². The third-order valence-electron chi connectivity index (χ3n) is 5.85. The van der Waals surface area contributed by atoms with E-state index < -0.39 is 0 Å². The summed E-state index contributed by atoms with van der Waals surface area (Å²) in [4.78, 5) is 0. The Balaban J connectivity index is 2.25. The van der Waals surface area contributed by atoms with E-state index in [0.717, 1.165) is 0 Å². The Labute approximate surface area is 170 Å². The van der Waals surface area contributed by atoms with Gasteiger partial charge in [-0.3, -0.25) is 0 Å². The normalized spacial score (nSPS) is 11.4. The maximum atomic E-state index is 2.56. The summed E-state index contributed by atoms with van der Waals surface area (Å²) in [5.41, 5.74) is 0. The minimum absolute atomic E-state index is 1.21. The lowest BCUT2D eigenvalue weighted by molar-refractivity contribution is -0.704. The van der Waals surface area contributed by atoms with Gasteiger partial charge in [0.05, 0.1) is 13.1 Å². The Kier molecular flexibility index (Phi) is 15.6. The molecule has 0 amide bonds. The molecule has 0 aromatic carbocycles. The zero-order valence-electron chi connectivity index (χ0n) is 19.0. The number of hydrogen-bond acceptors (Lipinski definition) is 0. The number of hydrogen-bond donors (Lipinski definition) is 0. The summed E-state index contributed by atoms with van der Waals surface area (Å²) in [5.74, 6) is 1.57. The molecule has 0 fully saturated rings. The van der Waals surface area contributed by atoms with Crippen molar-refractivity contribution in [3.05, 3.63) is 18.2 Å². The van der Waals surface area contributed by atoms with Crippen LogP contribution in [-0.2, 0) is 19.5 Å². The molecule has 1 aromatic heterocycles. The Morgan fingerprint density at radius 2 is 1.15 bits per heavy atom. The molecule has 0 N–H and O–H groups in total. The predicted molar refractivity (Wildman–Crippen MR) is 119 cm³/mol. The predicted octanol–water partition coefficient (Wildman–Crippen LogP) is 7.62. The zero-order valence-corrected chi connectivity index (χ0v) is 19.0. The molecule has 1 aromatic rings. The molecule has 0 radical (unpaired) electrons. The smallest absolute Gasteiger partial charge is 0.234 e. The van der Waals surface area contributed by atoms with Crippen molar-refractivity contribution in [3.63, 3.8) is 0 Å². The molecule has 0 atom stereocenters. The minimum atomic E-state index is 1.21. The fraction of sp³-hybridized carbons (Fsp3) is 0.880. The first-order valence-electron chi connectivity index (χ1n) is 12.4. The monoisotopic (exact) mass is 377 g/mol. The standard InChI is InChI=1S/C25H49N2/c1-4-7-10-12-13-14-15-16-17-19-22-27-24-23-26(21-18-11-8-5-2)25(27)20-9-6-3/h23-24H,4-22H2,1-3H3/q+1. The van der Waals surface area contributed by atoms with E-state index >= 15 is 0 Å². The lowest BCUT2D eigenvalue weighted by atomic mass is 10.1. The number of rotatable bonds is 19. The third kappa shape index (κ3) is 11.6. The van der Waals surface area contributed by atoms with Gasteiger partial charge in [-0.05, 0) is 32.1 Å². The van der Waals surface area contributed by atoms with Gasteiger partial charge in [0.25, 0.3) is 5.82 Å².